The Morgan fingerprint density at radius 2 is 1.90 bits per heavy atom. The highest BCUT2D eigenvalue weighted by Crippen LogP contribution is 2.41. The second-order valence-corrected chi connectivity index (χ2v) is 7.51. The van der Waals surface area contributed by atoms with Gasteiger partial charge in [-0.05, 0) is 55.2 Å². The van der Waals surface area contributed by atoms with E-state index in [1.165, 1.54) is 60.6 Å². The maximum atomic E-state index is 10.2. The number of benzene rings is 1. The molecule has 0 spiro atoms. The van der Waals surface area contributed by atoms with Crippen LogP contribution in [0.1, 0.15) is 74.6 Å². The van der Waals surface area contributed by atoms with Gasteiger partial charge >= 0.3 is 0 Å². The first-order chi connectivity index (χ1) is 10.3. The van der Waals surface area contributed by atoms with Crippen molar-refractivity contribution >= 4 is 21.4 Å². The molecule has 1 saturated carbocycles. The minimum absolute atomic E-state index is 0.491. The summed E-state index contributed by atoms with van der Waals surface area (Å²) in [5.74, 6) is 1.25. The molecule has 1 nitrogen and oxygen atoms in total. The van der Waals surface area contributed by atoms with Crippen LogP contribution in [-0.4, -0.2) is 5.11 Å². The van der Waals surface area contributed by atoms with Crippen molar-refractivity contribution in [3.05, 3.63) is 28.6 Å². The van der Waals surface area contributed by atoms with Crippen LogP contribution in [0.25, 0.3) is 10.1 Å². The number of phenols is 1. The zero-order chi connectivity index (χ0) is 14.7. The molecule has 1 fully saturated rings. The van der Waals surface area contributed by atoms with Gasteiger partial charge in [0.05, 0.1) is 0 Å². The lowest BCUT2D eigenvalue weighted by molar-refractivity contribution is 0.468. The Balaban J connectivity index is 1.94. The Bertz CT molecular complexity index is 591. The SMILES string of the molecule is CCCCc1c(O)ccc2cc(C3CCCCCC3)sc12. The fourth-order valence-electron chi connectivity index (χ4n) is 3.53. The van der Waals surface area contributed by atoms with E-state index in [0.717, 1.165) is 18.8 Å². The van der Waals surface area contributed by atoms with E-state index in [-0.39, 0.29) is 0 Å². The molecule has 114 valence electrons. The summed E-state index contributed by atoms with van der Waals surface area (Å²) in [5, 5.41) is 11.5. The average Bonchev–Trinajstić information content (AvgIpc) is 2.73. The van der Waals surface area contributed by atoms with Crippen molar-refractivity contribution in [2.75, 3.05) is 0 Å². The molecular formula is C19H26OS. The molecule has 2 aromatic rings. The maximum absolute atomic E-state index is 10.2. The quantitative estimate of drug-likeness (QED) is 0.649. The predicted octanol–water partition coefficient (Wildman–Crippen LogP) is 6.39. The van der Waals surface area contributed by atoms with E-state index in [9.17, 15) is 5.11 Å². The average molecular weight is 302 g/mol. The highest BCUT2D eigenvalue weighted by Gasteiger charge is 2.18. The van der Waals surface area contributed by atoms with Crippen molar-refractivity contribution in [1.82, 2.24) is 0 Å². The van der Waals surface area contributed by atoms with E-state index in [2.05, 4.69) is 19.1 Å². The predicted molar refractivity (Wildman–Crippen MR) is 92.5 cm³/mol. The largest absolute Gasteiger partial charge is 0.508 e. The number of unbranched alkanes of at least 4 members (excludes halogenated alkanes) is 1. The molecule has 0 unspecified atom stereocenters. The highest BCUT2D eigenvalue weighted by molar-refractivity contribution is 7.19. The number of rotatable bonds is 4. The van der Waals surface area contributed by atoms with Gasteiger partial charge in [-0.25, -0.2) is 0 Å². The Kier molecular flexibility index (Phi) is 4.84. The molecule has 1 aromatic heterocycles. The van der Waals surface area contributed by atoms with E-state index in [1.807, 2.05) is 17.4 Å². The molecule has 1 aromatic carbocycles. The van der Waals surface area contributed by atoms with Gasteiger partial charge < -0.3 is 5.11 Å². The van der Waals surface area contributed by atoms with Gasteiger partial charge in [0.15, 0.2) is 0 Å². The van der Waals surface area contributed by atoms with Crippen LogP contribution in [0.3, 0.4) is 0 Å². The summed E-state index contributed by atoms with van der Waals surface area (Å²) in [5.41, 5.74) is 1.18. The zero-order valence-electron chi connectivity index (χ0n) is 13.0. The van der Waals surface area contributed by atoms with Gasteiger partial charge in [-0.15, -0.1) is 11.3 Å². The molecule has 2 heteroatoms. The van der Waals surface area contributed by atoms with Crippen LogP contribution >= 0.6 is 11.3 Å². The Labute approximate surface area is 132 Å². The van der Waals surface area contributed by atoms with Crippen LogP contribution in [0.5, 0.6) is 5.75 Å². The molecule has 0 amide bonds. The number of fused-ring (bicyclic) bond motifs is 1. The van der Waals surface area contributed by atoms with Crippen molar-refractivity contribution < 1.29 is 5.11 Å². The van der Waals surface area contributed by atoms with Crippen LogP contribution in [0.15, 0.2) is 18.2 Å². The lowest BCUT2D eigenvalue weighted by atomic mass is 9.98. The third-order valence-corrected chi connectivity index (χ3v) is 6.19. The van der Waals surface area contributed by atoms with E-state index < -0.39 is 0 Å². The van der Waals surface area contributed by atoms with Crippen LogP contribution in [-0.2, 0) is 6.42 Å². The molecule has 1 aliphatic rings. The molecule has 1 N–H and O–H groups in total. The first-order valence-corrected chi connectivity index (χ1v) is 9.35. The van der Waals surface area contributed by atoms with Crippen LogP contribution in [0.4, 0.5) is 0 Å². The number of hydrogen-bond donors (Lipinski definition) is 1. The summed E-state index contributed by atoms with van der Waals surface area (Å²) in [6.07, 6.45) is 11.6. The first kappa shape index (κ1) is 14.9. The van der Waals surface area contributed by atoms with E-state index in [4.69, 9.17) is 0 Å². The van der Waals surface area contributed by atoms with E-state index in [0.29, 0.717) is 5.75 Å². The molecule has 1 heterocycles. The van der Waals surface area contributed by atoms with Crippen LogP contribution < -0.4 is 0 Å². The topological polar surface area (TPSA) is 20.2 Å². The summed E-state index contributed by atoms with van der Waals surface area (Å²) in [7, 11) is 0. The Morgan fingerprint density at radius 3 is 2.62 bits per heavy atom. The Morgan fingerprint density at radius 1 is 1.14 bits per heavy atom. The second-order valence-electron chi connectivity index (χ2n) is 6.42. The van der Waals surface area contributed by atoms with Gasteiger partial charge in [-0.1, -0.05) is 39.0 Å². The van der Waals surface area contributed by atoms with Crippen molar-refractivity contribution in [2.45, 2.75) is 70.6 Å². The normalized spacial score (nSPS) is 17.2. The van der Waals surface area contributed by atoms with Crippen molar-refractivity contribution in [1.29, 1.82) is 0 Å². The molecular weight excluding hydrogens is 276 g/mol. The van der Waals surface area contributed by atoms with Gasteiger partial charge in [0.1, 0.15) is 5.75 Å². The molecule has 21 heavy (non-hydrogen) atoms. The number of hydrogen-bond acceptors (Lipinski definition) is 2. The van der Waals surface area contributed by atoms with Crippen molar-refractivity contribution in [3.8, 4) is 5.75 Å². The Hall–Kier alpha value is -1.02. The van der Waals surface area contributed by atoms with Crippen LogP contribution in [0, 0.1) is 0 Å². The minimum Gasteiger partial charge on any atom is -0.508 e. The zero-order valence-corrected chi connectivity index (χ0v) is 13.8. The standard InChI is InChI=1S/C19H26OS/c1-2-3-10-16-17(20)12-11-15-13-18(21-19(15)16)14-8-6-4-5-7-9-14/h11-14,20H,2-10H2,1H3. The first-order valence-electron chi connectivity index (χ1n) is 8.54. The summed E-state index contributed by atoms with van der Waals surface area (Å²) in [4.78, 5) is 1.55. The third-order valence-electron chi connectivity index (χ3n) is 4.82. The molecule has 0 aliphatic heterocycles. The molecule has 0 atom stereocenters. The fourth-order valence-corrected chi connectivity index (χ4v) is 4.93. The molecule has 0 radical (unpaired) electrons. The number of aryl methyl sites for hydroxylation is 1. The minimum atomic E-state index is 0.491. The second kappa shape index (κ2) is 6.83. The van der Waals surface area contributed by atoms with Gasteiger partial charge in [0, 0.05) is 15.1 Å². The van der Waals surface area contributed by atoms with Crippen LogP contribution in [0.2, 0.25) is 0 Å². The maximum Gasteiger partial charge on any atom is 0.120 e. The lowest BCUT2D eigenvalue weighted by Crippen LogP contribution is -1.93. The van der Waals surface area contributed by atoms with Gasteiger partial charge in [0.2, 0.25) is 0 Å². The summed E-state index contributed by atoms with van der Waals surface area (Å²) in [6.45, 7) is 2.21. The monoisotopic (exact) mass is 302 g/mol. The molecule has 1 aliphatic carbocycles. The number of aromatic hydroxyl groups is 1. The molecule has 3 rings (SSSR count). The van der Waals surface area contributed by atoms with E-state index >= 15 is 0 Å². The summed E-state index contributed by atoms with van der Waals surface area (Å²) < 4.78 is 1.34. The molecule has 0 saturated heterocycles. The van der Waals surface area contributed by atoms with Gasteiger partial charge in [0.25, 0.3) is 0 Å². The summed E-state index contributed by atoms with van der Waals surface area (Å²) >= 11 is 1.94. The van der Waals surface area contributed by atoms with Crippen molar-refractivity contribution in [3.63, 3.8) is 0 Å². The van der Waals surface area contributed by atoms with E-state index in [1.54, 1.807) is 4.88 Å². The van der Waals surface area contributed by atoms with Gasteiger partial charge in [-0.3, -0.25) is 0 Å². The number of thiophene rings is 1. The highest BCUT2D eigenvalue weighted by atomic mass is 32.1. The summed E-state index contributed by atoms with van der Waals surface area (Å²) in [6, 6.07) is 6.37. The smallest absolute Gasteiger partial charge is 0.120 e. The van der Waals surface area contributed by atoms with Crippen molar-refractivity contribution in [2.24, 2.45) is 0 Å². The number of phenolic OH excluding ortho intramolecular Hbond substituents is 1. The lowest BCUT2D eigenvalue weighted by Gasteiger charge is -2.10. The van der Waals surface area contributed by atoms with Gasteiger partial charge in [-0.2, -0.15) is 0 Å². The fraction of sp³-hybridized carbons (Fsp3) is 0.579. The molecule has 0 bridgehead atoms. The third kappa shape index (κ3) is 3.26.